The van der Waals surface area contributed by atoms with Crippen LogP contribution in [0.1, 0.15) is 36.0 Å². The van der Waals surface area contributed by atoms with Crippen molar-refractivity contribution in [2.24, 2.45) is 5.92 Å². The standard InChI is InChI=1S/C19H21ClN2O5S/c1-11(2)8-27-19(25)22-6-5-14-18(28-10-21-14)17(22)13-7-12(20)3-4-15(13)26-9-16(23)24/h3-4,7,10-11,17H,5-6,8-9H2,1-2H3,(H,23,24). The third-order valence-corrected chi connectivity index (χ3v) is 5.37. The van der Waals surface area contributed by atoms with Crippen LogP contribution in [0, 0.1) is 5.92 Å². The van der Waals surface area contributed by atoms with Crippen molar-refractivity contribution >= 4 is 35.0 Å². The highest BCUT2D eigenvalue weighted by molar-refractivity contribution is 7.09. The molecular weight excluding hydrogens is 404 g/mol. The fourth-order valence-electron chi connectivity index (χ4n) is 3.02. The highest BCUT2D eigenvalue weighted by Crippen LogP contribution is 2.42. The van der Waals surface area contributed by atoms with E-state index in [0.717, 1.165) is 10.6 Å². The lowest BCUT2D eigenvalue weighted by Gasteiger charge is -2.35. The minimum atomic E-state index is -1.09. The first-order chi connectivity index (χ1) is 13.4. The lowest BCUT2D eigenvalue weighted by atomic mass is 9.97. The number of carboxylic acid groups (broad SMARTS) is 1. The molecule has 0 spiro atoms. The third-order valence-electron chi connectivity index (χ3n) is 4.21. The summed E-state index contributed by atoms with van der Waals surface area (Å²) in [7, 11) is 0. The maximum Gasteiger partial charge on any atom is 0.410 e. The summed E-state index contributed by atoms with van der Waals surface area (Å²) in [5.74, 6) is -0.511. The summed E-state index contributed by atoms with van der Waals surface area (Å²) in [6, 6.07) is 4.44. The van der Waals surface area contributed by atoms with Gasteiger partial charge >= 0.3 is 12.1 Å². The summed E-state index contributed by atoms with van der Waals surface area (Å²) >= 11 is 7.65. The molecule has 0 fully saturated rings. The van der Waals surface area contributed by atoms with Crippen LogP contribution in [0.15, 0.2) is 23.7 Å². The second-order valence-corrected chi connectivity index (χ2v) is 8.17. The number of halogens is 1. The first-order valence-corrected chi connectivity index (χ1v) is 10.1. The number of thiazole rings is 1. The van der Waals surface area contributed by atoms with Crippen molar-refractivity contribution in [1.82, 2.24) is 9.88 Å². The lowest BCUT2D eigenvalue weighted by Crippen LogP contribution is -2.41. The van der Waals surface area contributed by atoms with Gasteiger partial charge in [0.2, 0.25) is 0 Å². The van der Waals surface area contributed by atoms with Gasteiger partial charge in [-0.3, -0.25) is 4.90 Å². The quantitative estimate of drug-likeness (QED) is 0.753. The van der Waals surface area contributed by atoms with Crippen LogP contribution in [-0.4, -0.2) is 46.8 Å². The molecule has 2 aromatic rings. The summed E-state index contributed by atoms with van der Waals surface area (Å²) in [5.41, 5.74) is 3.26. The van der Waals surface area contributed by atoms with Crippen molar-refractivity contribution in [1.29, 1.82) is 0 Å². The lowest BCUT2D eigenvalue weighted by molar-refractivity contribution is -0.139. The average Bonchev–Trinajstić information content (AvgIpc) is 3.12. The van der Waals surface area contributed by atoms with Crippen molar-refractivity contribution < 1.29 is 24.2 Å². The van der Waals surface area contributed by atoms with Gasteiger partial charge in [0.1, 0.15) is 11.8 Å². The molecule has 1 N–H and O–H groups in total. The van der Waals surface area contributed by atoms with E-state index in [-0.39, 0.29) is 5.92 Å². The van der Waals surface area contributed by atoms with Gasteiger partial charge in [0.25, 0.3) is 0 Å². The Labute approximate surface area is 171 Å². The van der Waals surface area contributed by atoms with Crippen LogP contribution in [-0.2, 0) is 16.0 Å². The van der Waals surface area contributed by atoms with Crippen LogP contribution >= 0.6 is 22.9 Å². The molecule has 3 rings (SSSR count). The molecular formula is C19H21ClN2O5S. The fraction of sp³-hybridized carbons (Fsp3) is 0.421. The Hall–Kier alpha value is -2.32. The van der Waals surface area contributed by atoms with E-state index in [1.54, 1.807) is 28.6 Å². The molecule has 1 aromatic carbocycles. The average molecular weight is 425 g/mol. The van der Waals surface area contributed by atoms with E-state index in [0.29, 0.717) is 35.9 Å². The molecule has 0 radical (unpaired) electrons. The van der Waals surface area contributed by atoms with Crippen LogP contribution in [0.4, 0.5) is 4.79 Å². The van der Waals surface area contributed by atoms with Gasteiger partial charge in [-0.1, -0.05) is 25.4 Å². The predicted octanol–water partition coefficient (Wildman–Crippen LogP) is 4.00. The molecule has 0 aliphatic carbocycles. The van der Waals surface area contributed by atoms with E-state index in [2.05, 4.69) is 4.98 Å². The van der Waals surface area contributed by atoms with E-state index in [1.807, 2.05) is 13.8 Å². The van der Waals surface area contributed by atoms with Gasteiger partial charge in [-0.2, -0.15) is 0 Å². The summed E-state index contributed by atoms with van der Waals surface area (Å²) in [6.07, 6.45) is 0.194. The summed E-state index contributed by atoms with van der Waals surface area (Å²) in [4.78, 5) is 30.7. The number of fused-ring (bicyclic) bond motifs is 1. The largest absolute Gasteiger partial charge is 0.482 e. The number of hydrogen-bond acceptors (Lipinski definition) is 6. The Morgan fingerprint density at radius 3 is 2.93 bits per heavy atom. The Kier molecular flexibility index (Phi) is 6.41. The number of amides is 1. The SMILES string of the molecule is CC(C)COC(=O)N1CCc2ncsc2C1c1cc(Cl)ccc1OCC(=O)O. The molecule has 1 unspecified atom stereocenters. The molecule has 9 heteroatoms. The first kappa shape index (κ1) is 20.4. The number of carbonyl (C=O) groups excluding carboxylic acids is 1. The molecule has 1 aliphatic rings. The number of nitrogens with zero attached hydrogens (tertiary/aromatic N) is 2. The van der Waals surface area contributed by atoms with Crippen LogP contribution < -0.4 is 4.74 Å². The van der Waals surface area contributed by atoms with E-state index in [1.165, 1.54) is 11.3 Å². The number of aromatic nitrogens is 1. The van der Waals surface area contributed by atoms with Gasteiger partial charge in [-0.05, 0) is 24.1 Å². The predicted molar refractivity (Wildman–Crippen MR) is 105 cm³/mol. The highest BCUT2D eigenvalue weighted by Gasteiger charge is 2.36. The van der Waals surface area contributed by atoms with Gasteiger partial charge in [0, 0.05) is 23.6 Å². The number of carboxylic acids is 1. The van der Waals surface area contributed by atoms with Gasteiger partial charge in [0.15, 0.2) is 6.61 Å². The molecule has 1 aliphatic heterocycles. The van der Waals surface area contributed by atoms with Crippen molar-refractivity contribution in [2.45, 2.75) is 26.3 Å². The third kappa shape index (κ3) is 4.56. The van der Waals surface area contributed by atoms with Crippen molar-refractivity contribution in [2.75, 3.05) is 19.8 Å². The summed E-state index contributed by atoms with van der Waals surface area (Å²) < 4.78 is 10.9. The van der Waals surface area contributed by atoms with E-state index in [9.17, 15) is 9.59 Å². The monoisotopic (exact) mass is 424 g/mol. The van der Waals surface area contributed by atoms with E-state index < -0.39 is 24.7 Å². The molecule has 0 saturated heterocycles. The number of aliphatic carboxylic acids is 1. The van der Waals surface area contributed by atoms with Crippen molar-refractivity contribution in [3.05, 3.63) is 44.9 Å². The maximum absolute atomic E-state index is 12.8. The number of hydrogen-bond donors (Lipinski definition) is 1. The minimum Gasteiger partial charge on any atom is -0.482 e. The first-order valence-electron chi connectivity index (χ1n) is 8.86. The van der Waals surface area contributed by atoms with Crippen LogP contribution in [0.25, 0.3) is 0 Å². The number of rotatable bonds is 6. The van der Waals surface area contributed by atoms with Gasteiger partial charge < -0.3 is 14.6 Å². The number of carbonyl (C=O) groups is 2. The van der Waals surface area contributed by atoms with Crippen LogP contribution in [0.5, 0.6) is 5.75 Å². The van der Waals surface area contributed by atoms with Gasteiger partial charge in [-0.15, -0.1) is 11.3 Å². The topological polar surface area (TPSA) is 89.0 Å². The molecule has 28 heavy (non-hydrogen) atoms. The molecule has 1 aromatic heterocycles. The minimum absolute atomic E-state index is 0.215. The Bertz CT molecular complexity index is 870. The molecule has 2 heterocycles. The van der Waals surface area contributed by atoms with Gasteiger partial charge in [0.05, 0.1) is 22.7 Å². The van der Waals surface area contributed by atoms with Crippen molar-refractivity contribution in [3.63, 3.8) is 0 Å². The molecule has 1 atom stereocenters. The smallest absolute Gasteiger partial charge is 0.410 e. The number of ether oxygens (including phenoxy) is 2. The van der Waals surface area contributed by atoms with Gasteiger partial charge in [-0.25, -0.2) is 14.6 Å². The zero-order valence-corrected chi connectivity index (χ0v) is 17.1. The molecule has 1 amide bonds. The molecule has 0 saturated carbocycles. The summed E-state index contributed by atoms with van der Waals surface area (Å²) in [6.45, 7) is 4.20. The van der Waals surface area contributed by atoms with E-state index >= 15 is 0 Å². The Morgan fingerprint density at radius 2 is 2.21 bits per heavy atom. The fourth-order valence-corrected chi connectivity index (χ4v) is 4.16. The number of benzene rings is 1. The van der Waals surface area contributed by atoms with E-state index in [4.69, 9.17) is 26.2 Å². The highest BCUT2D eigenvalue weighted by atomic mass is 35.5. The maximum atomic E-state index is 12.8. The normalized spacial score (nSPS) is 16.0. The molecule has 150 valence electrons. The molecule has 7 nitrogen and oxygen atoms in total. The van der Waals surface area contributed by atoms with Crippen molar-refractivity contribution in [3.8, 4) is 5.75 Å². The Balaban J connectivity index is 2.01. The zero-order valence-electron chi connectivity index (χ0n) is 15.6. The summed E-state index contributed by atoms with van der Waals surface area (Å²) in [5, 5.41) is 9.44. The van der Waals surface area contributed by atoms with Crippen LogP contribution in [0.2, 0.25) is 5.02 Å². The van der Waals surface area contributed by atoms with Crippen LogP contribution in [0.3, 0.4) is 0 Å². The zero-order chi connectivity index (χ0) is 20.3. The second kappa shape index (κ2) is 8.79. The molecule has 0 bridgehead atoms. The second-order valence-electron chi connectivity index (χ2n) is 6.84. The Morgan fingerprint density at radius 1 is 1.43 bits per heavy atom.